The van der Waals surface area contributed by atoms with E-state index in [0.29, 0.717) is 10.6 Å². The molecule has 1 aliphatic rings. The molecule has 4 rings (SSSR count). The molecule has 2 N–H and O–H groups in total. The molecule has 0 aromatic heterocycles. The summed E-state index contributed by atoms with van der Waals surface area (Å²) < 4.78 is 29.7. The van der Waals surface area contributed by atoms with Crippen LogP contribution in [0.1, 0.15) is 22.8 Å². The topological polar surface area (TPSA) is 72.6 Å². The number of halogens is 1. The normalized spacial score (nSPS) is 15.2. The van der Waals surface area contributed by atoms with Gasteiger partial charge in [-0.1, -0.05) is 48.0 Å². The Morgan fingerprint density at radius 1 is 1.07 bits per heavy atom. The molecule has 0 saturated heterocycles. The summed E-state index contributed by atoms with van der Waals surface area (Å²) in [7, 11) is 0.315. The van der Waals surface area contributed by atoms with E-state index in [1.807, 2.05) is 73.6 Å². The monoisotopic (exact) mass is 428 g/mol. The molecule has 0 amide bonds. The second kappa shape index (κ2) is 7.37. The van der Waals surface area contributed by atoms with Crippen LogP contribution in [0.15, 0.2) is 60.7 Å². The Hall–Kier alpha value is -2.54. The van der Waals surface area contributed by atoms with Crippen molar-refractivity contribution in [2.45, 2.75) is 11.9 Å². The average Bonchev–Trinajstić information content (AvgIpc) is 2.65. The Morgan fingerprint density at radius 2 is 1.83 bits per heavy atom. The summed E-state index contributed by atoms with van der Waals surface area (Å²) >= 11 is 6.22. The van der Waals surface area contributed by atoms with Gasteiger partial charge >= 0.3 is 0 Å². The Balaban J connectivity index is 1.95. The molecule has 0 aliphatic carbocycles. The predicted octanol–water partition coefficient (Wildman–Crippen LogP) is 4.34. The highest BCUT2D eigenvalue weighted by Gasteiger charge is 2.30. The smallest absolute Gasteiger partial charge is 0.213 e. The molecule has 5 nitrogen and oxygen atoms in total. The maximum absolute atomic E-state index is 11.6. The number of hydrogen-bond donors (Lipinski definition) is 1. The highest BCUT2D eigenvalue weighted by Crippen LogP contribution is 2.49. The number of ether oxygens (including phenoxy) is 1. The van der Waals surface area contributed by atoms with E-state index in [2.05, 4.69) is 0 Å². The summed E-state index contributed by atoms with van der Waals surface area (Å²) in [6.45, 7) is 0. The number of rotatable bonds is 4. The van der Waals surface area contributed by atoms with Crippen molar-refractivity contribution in [1.29, 1.82) is 0 Å². The van der Waals surface area contributed by atoms with Crippen molar-refractivity contribution < 1.29 is 13.2 Å². The summed E-state index contributed by atoms with van der Waals surface area (Å²) in [5.41, 5.74) is 5.40. The van der Waals surface area contributed by atoms with Gasteiger partial charge in [0.2, 0.25) is 10.0 Å². The van der Waals surface area contributed by atoms with Gasteiger partial charge in [-0.15, -0.1) is 0 Å². The second-order valence-electron chi connectivity index (χ2n) is 7.33. The van der Waals surface area contributed by atoms with E-state index < -0.39 is 16.1 Å². The predicted molar refractivity (Wildman–Crippen MR) is 117 cm³/mol. The van der Waals surface area contributed by atoms with Crippen molar-refractivity contribution >= 4 is 27.3 Å². The Kier molecular flexibility index (Phi) is 5.02. The molecular formula is C22H21ClN2O3S. The molecule has 0 radical (unpaired) electrons. The van der Waals surface area contributed by atoms with Crippen LogP contribution in [-0.2, 0) is 15.8 Å². The van der Waals surface area contributed by atoms with Crippen LogP contribution < -0.4 is 14.8 Å². The third kappa shape index (κ3) is 3.96. The van der Waals surface area contributed by atoms with Gasteiger partial charge in [0.05, 0.1) is 5.75 Å². The van der Waals surface area contributed by atoms with Gasteiger partial charge in [-0.3, -0.25) is 0 Å². The zero-order chi connectivity index (χ0) is 20.8. The first-order valence-electron chi connectivity index (χ1n) is 9.09. The van der Waals surface area contributed by atoms with Crippen molar-refractivity contribution in [3.8, 4) is 16.9 Å². The molecule has 1 atom stereocenters. The molecular weight excluding hydrogens is 408 g/mol. The van der Waals surface area contributed by atoms with E-state index >= 15 is 0 Å². The molecule has 29 heavy (non-hydrogen) atoms. The van der Waals surface area contributed by atoms with Gasteiger partial charge in [-0.25, -0.2) is 13.6 Å². The highest BCUT2D eigenvalue weighted by atomic mass is 35.5. The number of anilines is 1. The number of nitrogens with two attached hydrogens (primary N) is 1. The second-order valence-corrected chi connectivity index (χ2v) is 9.38. The lowest BCUT2D eigenvalue weighted by molar-refractivity contribution is 0.243. The summed E-state index contributed by atoms with van der Waals surface area (Å²) in [6.07, 6.45) is -0.408. The van der Waals surface area contributed by atoms with Crippen LogP contribution in [0.25, 0.3) is 11.1 Å². The average molecular weight is 429 g/mol. The summed E-state index contributed by atoms with van der Waals surface area (Å²) in [6, 6.07) is 19.1. The Bertz CT molecular complexity index is 1190. The van der Waals surface area contributed by atoms with Crippen molar-refractivity contribution in [3.63, 3.8) is 0 Å². The van der Waals surface area contributed by atoms with Gasteiger partial charge in [0.15, 0.2) is 0 Å². The molecule has 3 aromatic carbocycles. The van der Waals surface area contributed by atoms with E-state index in [1.165, 1.54) is 0 Å². The SMILES string of the molecule is CN(C)c1cccc2c1-c1ccc(CS(N)(=O)=O)cc1C(c1cccc(Cl)c1)O2. The molecule has 1 unspecified atom stereocenters. The third-order valence-electron chi connectivity index (χ3n) is 4.92. The standard InChI is InChI=1S/C22H21ClN2O3S/c1-25(2)19-7-4-8-20-21(19)17-10-9-14(13-29(24,26)27)11-18(17)22(28-20)15-5-3-6-16(23)12-15/h3-12,22H,13H2,1-2H3,(H2,24,26,27). The van der Waals surface area contributed by atoms with Crippen LogP contribution in [0.3, 0.4) is 0 Å². The van der Waals surface area contributed by atoms with Gasteiger partial charge in [-0.2, -0.15) is 0 Å². The van der Waals surface area contributed by atoms with Crippen molar-refractivity contribution in [2.75, 3.05) is 19.0 Å². The fourth-order valence-electron chi connectivity index (χ4n) is 3.75. The van der Waals surface area contributed by atoms with Gasteiger partial charge in [0.1, 0.15) is 11.9 Å². The molecule has 7 heteroatoms. The fraction of sp³-hybridized carbons (Fsp3) is 0.182. The van der Waals surface area contributed by atoms with E-state index in [-0.39, 0.29) is 5.75 Å². The largest absolute Gasteiger partial charge is 0.480 e. The first-order valence-corrected chi connectivity index (χ1v) is 11.2. The molecule has 0 bridgehead atoms. The number of fused-ring (bicyclic) bond motifs is 3. The van der Waals surface area contributed by atoms with Crippen LogP contribution in [-0.4, -0.2) is 22.5 Å². The zero-order valence-electron chi connectivity index (χ0n) is 16.1. The van der Waals surface area contributed by atoms with Gasteiger partial charge in [-0.05, 0) is 41.0 Å². The molecule has 0 spiro atoms. The number of nitrogens with zero attached hydrogens (tertiary/aromatic N) is 1. The van der Waals surface area contributed by atoms with Gasteiger partial charge < -0.3 is 9.64 Å². The fourth-order valence-corrected chi connectivity index (χ4v) is 4.59. The Labute approximate surface area is 175 Å². The maximum atomic E-state index is 11.6. The lowest BCUT2D eigenvalue weighted by Gasteiger charge is -2.32. The number of benzene rings is 3. The number of hydrogen-bond acceptors (Lipinski definition) is 4. The molecule has 150 valence electrons. The minimum absolute atomic E-state index is 0.231. The summed E-state index contributed by atoms with van der Waals surface area (Å²) in [5.74, 6) is 0.540. The molecule has 3 aromatic rings. The molecule has 1 heterocycles. The first-order chi connectivity index (χ1) is 13.7. The van der Waals surface area contributed by atoms with Crippen molar-refractivity contribution in [1.82, 2.24) is 0 Å². The van der Waals surface area contributed by atoms with Crippen LogP contribution in [0.4, 0.5) is 5.69 Å². The van der Waals surface area contributed by atoms with E-state index in [0.717, 1.165) is 33.7 Å². The minimum Gasteiger partial charge on any atom is -0.480 e. The van der Waals surface area contributed by atoms with Crippen molar-refractivity contribution in [3.05, 3.63) is 82.4 Å². The number of sulfonamides is 1. The van der Waals surface area contributed by atoms with Crippen LogP contribution in [0, 0.1) is 0 Å². The number of primary sulfonamides is 1. The maximum Gasteiger partial charge on any atom is 0.213 e. The molecule has 1 aliphatic heterocycles. The van der Waals surface area contributed by atoms with E-state index in [9.17, 15) is 8.42 Å². The van der Waals surface area contributed by atoms with Crippen LogP contribution >= 0.6 is 11.6 Å². The Morgan fingerprint density at radius 3 is 2.52 bits per heavy atom. The zero-order valence-corrected chi connectivity index (χ0v) is 17.7. The molecule has 0 fully saturated rings. The van der Waals surface area contributed by atoms with Gasteiger partial charge in [0.25, 0.3) is 0 Å². The van der Waals surface area contributed by atoms with E-state index in [4.69, 9.17) is 21.5 Å². The molecule has 0 saturated carbocycles. The van der Waals surface area contributed by atoms with Crippen LogP contribution in [0.5, 0.6) is 5.75 Å². The lowest BCUT2D eigenvalue weighted by Crippen LogP contribution is -2.19. The van der Waals surface area contributed by atoms with Crippen LogP contribution in [0.2, 0.25) is 5.02 Å². The highest BCUT2D eigenvalue weighted by molar-refractivity contribution is 7.88. The lowest BCUT2D eigenvalue weighted by atomic mass is 9.87. The summed E-state index contributed by atoms with van der Waals surface area (Å²) in [4.78, 5) is 2.03. The summed E-state index contributed by atoms with van der Waals surface area (Å²) in [5, 5.41) is 5.88. The van der Waals surface area contributed by atoms with Gasteiger partial charge in [0, 0.05) is 35.9 Å². The minimum atomic E-state index is -3.64. The van der Waals surface area contributed by atoms with Crippen molar-refractivity contribution in [2.24, 2.45) is 5.14 Å². The first kappa shape index (κ1) is 19.8. The quantitative estimate of drug-likeness (QED) is 0.670. The third-order valence-corrected chi connectivity index (χ3v) is 5.89. The van der Waals surface area contributed by atoms with E-state index in [1.54, 1.807) is 6.07 Å².